The molecule has 8 nitrogen and oxygen atoms in total. The minimum absolute atomic E-state index is 0.0113. The molecule has 3 heterocycles. The Morgan fingerprint density at radius 1 is 1.23 bits per heavy atom. The summed E-state index contributed by atoms with van der Waals surface area (Å²) in [5.41, 5.74) is 0.0778. The summed E-state index contributed by atoms with van der Waals surface area (Å²) < 4.78 is 5.33. The first-order valence-electron chi connectivity index (χ1n) is 8.70. The van der Waals surface area contributed by atoms with Crippen LogP contribution in [0.2, 0.25) is 0 Å². The van der Waals surface area contributed by atoms with Gasteiger partial charge in [0.2, 0.25) is 5.95 Å². The van der Waals surface area contributed by atoms with E-state index in [1.165, 1.54) is 0 Å². The molecular weight excluding hydrogens is 332 g/mol. The fraction of sp³-hybridized carbons (Fsp3) is 0.500. The molecule has 0 radical (unpaired) electrons. The molecule has 1 amide bonds. The van der Waals surface area contributed by atoms with Crippen LogP contribution >= 0.6 is 0 Å². The summed E-state index contributed by atoms with van der Waals surface area (Å²) in [7, 11) is 1.56. The molecular formula is C18H24N6O2. The van der Waals surface area contributed by atoms with Crippen LogP contribution in [-0.2, 0) is 9.53 Å². The van der Waals surface area contributed by atoms with Crippen molar-refractivity contribution in [2.75, 3.05) is 25.5 Å². The zero-order valence-corrected chi connectivity index (χ0v) is 15.3. The summed E-state index contributed by atoms with van der Waals surface area (Å²) in [5, 5.41) is 3.01. The topological polar surface area (TPSA) is 93.1 Å². The van der Waals surface area contributed by atoms with Crippen LogP contribution < -0.4 is 5.32 Å². The smallest absolute Gasteiger partial charge is 0.254 e. The van der Waals surface area contributed by atoms with E-state index in [0.29, 0.717) is 18.3 Å². The number of carbonyl (C=O) groups excluding carboxylic acids is 1. The minimum atomic E-state index is -0.809. The van der Waals surface area contributed by atoms with E-state index >= 15 is 0 Å². The molecule has 0 unspecified atom stereocenters. The summed E-state index contributed by atoms with van der Waals surface area (Å²) in [6.45, 7) is 4.98. The third-order valence-corrected chi connectivity index (χ3v) is 4.63. The van der Waals surface area contributed by atoms with Gasteiger partial charge in [-0.3, -0.25) is 9.78 Å². The van der Waals surface area contributed by atoms with E-state index in [1.807, 2.05) is 4.90 Å². The Morgan fingerprint density at radius 2 is 2.00 bits per heavy atom. The fourth-order valence-electron chi connectivity index (χ4n) is 2.96. The molecule has 0 spiro atoms. The number of hydrogen-bond acceptors (Lipinski definition) is 7. The lowest BCUT2D eigenvalue weighted by molar-refractivity contribution is -0.152. The predicted octanol–water partition coefficient (Wildman–Crippen LogP) is 2.14. The standard InChI is InChI=1S/C18H24N6O2/c1-18(2,26-3)16(25)24-9-4-6-13(12-24)14-10-22-15(11-21-14)23-17-19-7-5-8-20-17/h5,7-8,10-11,13H,4,6,9,12H2,1-3H3,(H,19,20,22,23)/t13-/m0/s1. The molecule has 1 fully saturated rings. The molecule has 138 valence electrons. The molecule has 0 saturated carbocycles. The van der Waals surface area contributed by atoms with Crippen LogP contribution in [0.15, 0.2) is 30.9 Å². The van der Waals surface area contributed by atoms with Gasteiger partial charge in [-0.05, 0) is 32.8 Å². The van der Waals surface area contributed by atoms with Gasteiger partial charge < -0.3 is 15.0 Å². The van der Waals surface area contributed by atoms with Crippen LogP contribution in [0, 0.1) is 0 Å². The van der Waals surface area contributed by atoms with Gasteiger partial charge in [-0.25, -0.2) is 15.0 Å². The van der Waals surface area contributed by atoms with Gasteiger partial charge in [0.25, 0.3) is 5.91 Å². The summed E-state index contributed by atoms with van der Waals surface area (Å²) in [6.07, 6.45) is 8.67. The van der Waals surface area contributed by atoms with E-state index in [2.05, 4.69) is 25.3 Å². The first-order valence-corrected chi connectivity index (χ1v) is 8.70. The highest BCUT2D eigenvalue weighted by Crippen LogP contribution is 2.27. The molecule has 1 saturated heterocycles. The second kappa shape index (κ2) is 7.74. The Labute approximate surface area is 153 Å². The normalized spacial score (nSPS) is 17.8. The Kier molecular flexibility index (Phi) is 5.41. The number of carbonyl (C=O) groups is 1. The molecule has 2 aromatic heterocycles. The van der Waals surface area contributed by atoms with Crippen molar-refractivity contribution < 1.29 is 9.53 Å². The van der Waals surface area contributed by atoms with Crippen LogP contribution in [0.25, 0.3) is 0 Å². The Hall–Kier alpha value is -2.61. The SMILES string of the molecule is COC(C)(C)C(=O)N1CCC[C@H](c2cnc(Nc3ncccn3)cn2)C1. The summed E-state index contributed by atoms with van der Waals surface area (Å²) in [5.74, 6) is 1.25. The number of amides is 1. The first kappa shape index (κ1) is 18.2. The van der Waals surface area contributed by atoms with Crippen molar-refractivity contribution in [3.05, 3.63) is 36.5 Å². The number of nitrogens with one attached hydrogen (secondary N) is 1. The predicted molar refractivity (Wildman–Crippen MR) is 97.0 cm³/mol. The van der Waals surface area contributed by atoms with E-state index in [0.717, 1.165) is 25.1 Å². The maximum Gasteiger partial charge on any atom is 0.254 e. The maximum absolute atomic E-state index is 12.6. The molecule has 2 aromatic rings. The van der Waals surface area contributed by atoms with Gasteiger partial charge in [-0.1, -0.05) is 0 Å². The van der Waals surface area contributed by atoms with Crippen molar-refractivity contribution in [3.8, 4) is 0 Å². The zero-order valence-electron chi connectivity index (χ0n) is 15.3. The maximum atomic E-state index is 12.6. The van der Waals surface area contributed by atoms with E-state index in [-0.39, 0.29) is 11.8 Å². The van der Waals surface area contributed by atoms with Crippen molar-refractivity contribution in [2.45, 2.75) is 38.2 Å². The molecule has 1 N–H and O–H groups in total. The third-order valence-electron chi connectivity index (χ3n) is 4.63. The van der Waals surface area contributed by atoms with E-state index < -0.39 is 5.60 Å². The highest BCUT2D eigenvalue weighted by Gasteiger charge is 2.35. The lowest BCUT2D eigenvalue weighted by Gasteiger charge is -2.36. The molecule has 0 aromatic carbocycles. The van der Waals surface area contributed by atoms with Crippen LogP contribution in [0.1, 0.15) is 38.3 Å². The number of rotatable bonds is 5. The quantitative estimate of drug-likeness (QED) is 0.877. The summed E-state index contributed by atoms with van der Waals surface area (Å²) in [6, 6.07) is 1.75. The van der Waals surface area contributed by atoms with Crippen LogP contribution in [0.5, 0.6) is 0 Å². The average Bonchev–Trinajstić information content (AvgIpc) is 2.69. The highest BCUT2D eigenvalue weighted by atomic mass is 16.5. The van der Waals surface area contributed by atoms with Crippen molar-refractivity contribution >= 4 is 17.7 Å². The number of methoxy groups -OCH3 is 1. The monoisotopic (exact) mass is 356 g/mol. The van der Waals surface area contributed by atoms with Crippen molar-refractivity contribution in [3.63, 3.8) is 0 Å². The molecule has 1 aliphatic heterocycles. The van der Waals surface area contributed by atoms with E-state index in [4.69, 9.17) is 4.74 Å². The molecule has 26 heavy (non-hydrogen) atoms. The first-order chi connectivity index (χ1) is 12.5. The van der Waals surface area contributed by atoms with Gasteiger partial charge in [0.15, 0.2) is 5.82 Å². The molecule has 0 aliphatic carbocycles. The van der Waals surface area contributed by atoms with Crippen molar-refractivity contribution in [2.24, 2.45) is 0 Å². The third kappa shape index (κ3) is 4.13. The lowest BCUT2D eigenvalue weighted by atomic mass is 9.93. The van der Waals surface area contributed by atoms with E-state index in [9.17, 15) is 4.79 Å². The van der Waals surface area contributed by atoms with Crippen LogP contribution in [0.3, 0.4) is 0 Å². The Bertz CT molecular complexity index is 735. The number of hydrogen-bond donors (Lipinski definition) is 1. The second-order valence-electron chi connectivity index (χ2n) is 6.83. The van der Waals surface area contributed by atoms with Gasteiger partial charge in [0.1, 0.15) is 5.60 Å². The second-order valence-corrected chi connectivity index (χ2v) is 6.83. The Morgan fingerprint density at radius 3 is 2.65 bits per heavy atom. The number of piperidine rings is 1. The zero-order chi connectivity index (χ0) is 18.6. The van der Waals surface area contributed by atoms with Gasteiger partial charge in [0.05, 0.1) is 18.1 Å². The molecule has 0 bridgehead atoms. The number of likely N-dealkylation sites (tertiary alicyclic amines) is 1. The molecule has 1 atom stereocenters. The van der Waals surface area contributed by atoms with Gasteiger partial charge >= 0.3 is 0 Å². The lowest BCUT2D eigenvalue weighted by Crippen LogP contribution is -2.49. The highest BCUT2D eigenvalue weighted by molar-refractivity contribution is 5.84. The number of ether oxygens (including phenoxy) is 1. The number of aromatic nitrogens is 4. The van der Waals surface area contributed by atoms with Crippen LogP contribution in [0.4, 0.5) is 11.8 Å². The minimum Gasteiger partial charge on any atom is -0.369 e. The summed E-state index contributed by atoms with van der Waals surface area (Å²) >= 11 is 0. The van der Waals surface area contributed by atoms with Crippen molar-refractivity contribution in [1.82, 2.24) is 24.8 Å². The number of anilines is 2. The number of nitrogens with zero attached hydrogens (tertiary/aromatic N) is 5. The Balaban J connectivity index is 1.66. The molecule has 1 aliphatic rings. The van der Waals surface area contributed by atoms with Gasteiger partial charge in [-0.15, -0.1) is 0 Å². The largest absolute Gasteiger partial charge is 0.369 e. The molecule has 3 rings (SSSR count). The average molecular weight is 356 g/mol. The van der Waals surface area contributed by atoms with E-state index in [1.54, 1.807) is 51.8 Å². The van der Waals surface area contributed by atoms with Crippen molar-refractivity contribution in [1.29, 1.82) is 0 Å². The van der Waals surface area contributed by atoms with Crippen LogP contribution in [-0.4, -0.2) is 56.5 Å². The summed E-state index contributed by atoms with van der Waals surface area (Å²) in [4.78, 5) is 31.6. The fourth-order valence-corrected chi connectivity index (χ4v) is 2.96. The van der Waals surface area contributed by atoms with Gasteiger partial charge in [0, 0.05) is 38.5 Å². The van der Waals surface area contributed by atoms with Gasteiger partial charge in [-0.2, -0.15) is 0 Å². The molecule has 8 heteroatoms.